The van der Waals surface area contributed by atoms with Crippen LogP contribution in [0.5, 0.6) is 0 Å². The van der Waals surface area contributed by atoms with E-state index < -0.39 is 188 Å². The van der Waals surface area contributed by atoms with Gasteiger partial charge in [-0.25, -0.2) is 4.79 Å². The Hall–Kier alpha value is -9.42. The number of amides is 2. The Bertz CT molecular complexity index is 4290. The first-order valence-electron chi connectivity index (χ1n) is 38.9. The van der Waals surface area contributed by atoms with Gasteiger partial charge in [0.15, 0.2) is 31.1 Å². The van der Waals surface area contributed by atoms with Crippen LogP contribution in [0.3, 0.4) is 0 Å². The predicted molar refractivity (Wildman–Crippen MR) is 421 cm³/mol. The summed E-state index contributed by atoms with van der Waals surface area (Å²) < 4.78 is 120. The number of aliphatic hydroxyl groups is 2. The van der Waals surface area contributed by atoms with E-state index in [0.29, 0.717) is 16.0 Å². The van der Waals surface area contributed by atoms with Crippen molar-refractivity contribution in [2.75, 3.05) is 26.9 Å². The van der Waals surface area contributed by atoms with E-state index in [4.69, 9.17) is 85.3 Å². The highest BCUT2D eigenvalue weighted by molar-refractivity contribution is 8.00. The van der Waals surface area contributed by atoms with E-state index in [1.807, 2.05) is 158 Å². The number of methoxy groups -OCH3 is 1. The molecule has 2 amide bonds. The van der Waals surface area contributed by atoms with Crippen LogP contribution in [0.25, 0.3) is 0 Å². The van der Waals surface area contributed by atoms with Crippen LogP contribution < -0.4 is 10.6 Å². The van der Waals surface area contributed by atoms with Crippen molar-refractivity contribution in [1.82, 2.24) is 10.6 Å². The van der Waals surface area contributed by atoms with E-state index in [1.54, 1.807) is 61.5 Å². The highest BCUT2D eigenvalue weighted by atomic mass is 32.2. The number of hydrogen-bond acceptors (Lipinski definition) is 28. The fraction of sp³-hybridized carbons (Fsp3) is 0.443. The van der Waals surface area contributed by atoms with Gasteiger partial charge in [0.1, 0.15) is 91.1 Å². The van der Waals surface area contributed by atoms with Crippen LogP contribution in [-0.2, 0) is 158 Å². The lowest BCUT2D eigenvalue weighted by Crippen LogP contribution is -2.76. The molecule has 4 saturated heterocycles. The maximum Gasteiger partial charge on any atom is 0.368 e. The van der Waals surface area contributed by atoms with Crippen LogP contribution in [-0.4, -0.2) is 212 Å². The Morgan fingerprint density at radius 1 is 0.441 bits per heavy atom. The Balaban J connectivity index is 1.09. The minimum atomic E-state index is -3.21. The molecule has 0 radical (unpaired) electrons. The molecular weight excluding hydrogens is 1550 g/mol. The molecule has 22 atom stereocenters. The van der Waals surface area contributed by atoms with Crippen molar-refractivity contribution < 1.29 is 129 Å². The second-order valence-electron chi connectivity index (χ2n) is 28.8. The zero-order chi connectivity index (χ0) is 83.7. The van der Waals surface area contributed by atoms with Gasteiger partial charge in [0, 0.05) is 46.4 Å². The monoisotopic (exact) mass is 1650 g/mol. The summed E-state index contributed by atoms with van der Waals surface area (Å²) in [5.74, 6) is -10.0. The Morgan fingerprint density at radius 2 is 0.881 bits per heavy atom. The van der Waals surface area contributed by atoms with Crippen LogP contribution in [0.15, 0.2) is 217 Å². The molecule has 30 heteroatoms. The third-order valence-corrected chi connectivity index (χ3v) is 21.2. The van der Waals surface area contributed by atoms with Gasteiger partial charge in [0.2, 0.25) is 11.8 Å². The van der Waals surface area contributed by atoms with Crippen molar-refractivity contribution in [3.8, 4) is 0 Å². The summed E-state index contributed by atoms with van der Waals surface area (Å²) in [5, 5.41) is 31.1. The molecule has 0 spiro atoms. The number of rotatable bonds is 38. The van der Waals surface area contributed by atoms with Crippen molar-refractivity contribution in [3.63, 3.8) is 0 Å². The van der Waals surface area contributed by atoms with E-state index in [9.17, 15) is 39.0 Å². The van der Waals surface area contributed by atoms with Crippen LogP contribution in [0.1, 0.15) is 81.8 Å². The van der Waals surface area contributed by atoms with Crippen LogP contribution >= 0.6 is 11.8 Å². The van der Waals surface area contributed by atoms with Gasteiger partial charge in [-0.1, -0.05) is 200 Å². The van der Waals surface area contributed by atoms with Crippen molar-refractivity contribution in [2.24, 2.45) is 0 Å². The molecule has 29 nitrogen and oxygen atoms in total. The van der Waals surface area contributed by atoms with E-state index in [1.165, 1.54) is 6.92 Å². The minimum Gasteiger partial charge on any atom is -0.465 e. The molecule has 11 rings (SSSR count). The fourth-order valence-electron chi connectivity index (χ4n) is 14.5. The molecule has 12 unspecified atom stereocenters. The van der Waals surface area contributed by atoms with Crippen LogP contribution in [0.4, 0.5) is 0 Å². The molecule has 4 heterocycles. The normalized spacial score (nSPS) is 28.0. The maximum absolute atomic E-state index is 16.0. The smallest absolute Gasteiger partial charge is 0.368 e. The molecule has 0 bridgehead atoms. The molecule has 0 saturated carbocycles. The van der Waals surface area contributed by atoms with Gasteiger partial charge < -0.3 is 106 Å². The molecular formula is C88H102N2O27S. The highest BCUT2D eigenvalue weighted by Crippen LogP contribution is 2.48. The number of esters is 5. The zero-order valence-electron chi connectivity index (χ0n) is 66.7. The second kappa shape index (κ2) is 44.0. The summed E-state index contributed by atoms with van der Waals surface area (Å²) in [6.07, 6.45) is -30.0. The van der Waals surface area contributed by atoms with Gasteiger partial charge in [-0.15, -0.1) is 11.8 Å². The summed E-state index contributed by atoms with van der Waals surface area (Å²) >= 11 is 0.802. The maximum atomic E-state index is 16.0. The topological polar surface area (TPSA) is 350 Å². The standard InChI is InChI=1S/C88H102N2O27S/c1-53-74(104-46-62-34-20-11-21-35-62)81(105-47-63-36-22-12-23-37-63)82(106-48-64-38-24-13-25-39-64)86(108-53)115-77-71(90-55(3)92)84(107-49-65-40-26-14-27-41-65)113-68(51-102-45-61-32-18-10-19-33-61)75(77)114-85-73(98)80(72(97)67(112-85)50-101-44-60-30-16-9-17-31-60)117-88(87(99)100-8)83(118-66-42-28-15-29-43-66)79(111-59(7)96)70(89-54(2)91)78(116-88)76(110-58(6)95)69(109-57(5)94)52-103-56(4)93/h9-43,53,67-86,97-98H,44-52H2,1-8H3,(H,89,91)(H,90,92)/t53?,67?,68?,69-,70+,71?,72+,73?,74+,75+,76-,77?,78?,79?,80?,81?,82?,83?,84-,85+,86+,88+/m1/s1. The molecule has 4 aliphatic heterocycles. The average molecular weight is 1650 g/mol. The third-order valence-electron chi connectivity index (χ3n) is 19.8. The van der Waals surface area contributed by atoms with Gasteiger partial charge in [-0.3, -0.25) is 28.8 Å². The molecule has 7 aromatic rings. The summed E-state index contributed by atoms with van der Waals surface area (Å²) in [6.45, 7) is 6.54. The van der Waals surface area contributed by atoms with Crippen molar-refractivity contribution in [1.29, 1.82) is 0 Å². The largest absolute Gasteiger partial charge is 0.465 e. The Labute approximate surface area is 689 Å². The Kier molecular flexibility index (Phi) is 33.4. The number of thioether (sulfide) groups is 1. The highest BCUT2D eigenvalue weighted by Gasteiger charge is 2.68. The Morgan fingerprint density at radius 3 is 1.36 bits per heavy atom. The molecule has 7 aromatic carbocycles. The number of carbonyl (C=O) groups is 7. The molecule has 4 N–H and O–H groups in total. The number of benzene rings is 7. The SMILES string of the molecule is COC(=O)[C@]1(OC2C(O)[C@H](O[C@H]3C(COCc4ccccc4)O[C@@H](OCc4ccccc4)C(NC(C)=O)C3O[C@@H]3OC(C)[C@H](OCc4ccccc4)C(OCc4ccccc4)C3OCc3ccccc3)OC(COCc3ccccc3)[C@@H]2O)OC([C@H](OC(C)=O)[C@@H](COC(C)=O)OC(C)=O)[C@H](NC(C)=O)C(OC(C)=O)C1Sc1ccccc1. The molecule has 118 heavy (non-hydrogen) atoms. The second-order valence-corrected chi connectivity index (χ2v) is 30.0. The third kappa shape index (κ3) is 24.6. The number of ether oxygens (including phenoxy) is 18. The summed E-state index contributed by atoms with van der Waals surface area (Å²) in [7, 11) is 0.959. The molecule has 4 fully saturated rings. The van der Waals surface area contributed by atoms with E-state index >= 15 is 4.79 Å². The quantitative estimate of drug-likeness (QED) is 0.0209. The first-order chi connectivity index (χ1) is 57.0. The first kappa shape index (κ1) is 89.4. The fourth-order valence-corrected chi connectivity index (χ4v) is 15.8. The molecule has 4 aliphatic rings. The zero-order valence-corrected chi connectivity index (χ0v) is 67.5. The van der Waals surface area contributed by atoms with Gasteiger partial charge in [-0.05, 0) is 52.4 Å². The number of carbonyl (C=O) groups excluding carboxylic acids is 7. The summed E-state index contributed by atoms with van der Waals surface area (Å²) in [4.78, 5) is 97.8. The average Bonchev–Trinajstić information content (AvgIpc) is 0.725. The summed E-state index contributed by atoms with van der Waals surface area (Å²) in [6, 6.07) is 61.0. The number of nitrogens with one attached hydrogen (secondary N) is 2. The molecule has 632 valence electrons. The van der Waals surface area contributed by atoms with Gasteiger partial charge in [-0.2, -0.15) is 0 Å². The van der Waals surface area contributed by atoms with E-state index in [0.717, 1.165) is 75.7 Å². The van der Waals surface area contributed by atoms with E-state index in [2.05, 4.69) is 10.6 Å². The van der Waals surface area contributed by atoms with Gasteiger partial charge in [0.25, 0.3) is 5.79 Å². The van der Waals surface area contributed by atoms with Crippen LogP contribution in [0.2, 0.25) is 0 Å². The molecule has 0 aromatic heterocycles. The lowest BCUT2D eigenvalue weighted by atomic mass is 9.87. The minimum absolute atomic E-state index is 0.00185. The predicted octanol–water partition coefficient (Wildman–Crippen LogP) is 8.26. The lowest BCUT2D eigenvalue weighted by Gasteiger charge is -2.54. The summed E-state index contributed by atoms with van der Waals surface area (Å²) in [5.41, 5.74) is 4.59. The molecule has 0 aliphatic carbocycles. The van der Waals surface area contributed by atoms with Gasteiger partial charge in [0.05, 0.1) is 72.1 Å². The van der Waals surface area contributed by atoms with Crippen LogP contribution in [0, 0.1) is 0 Å². The lowest BCUT2D eigenvalue weighted by molar-refractivity contribution is -0.393. The van der Waals surface area contributed by atoms with Crippen molar-refractivity contribution >= 4 is 53.4 Å². The van der Waals surface area contributed by atoms with Crippen molar-refractivity contribution in [2.45, 2.75) is 227 Å². The number of aliphatic hydroxyl groups excluding tert-OH is 2. The van der Waals surface area contributed by atoms with Gasteiger partial charge >= 0.3 is 29.8 Å². The van der Waals surface area contributed by atoms with Crippen molar-refractivity contribution in [3.05, 3.63) is 246 Å². The first-order valence-corrected chi connectivity index (χ1v) is 39.8. The number of hydrogen-bond donors (Lipinski definition) is 4. The van der Waals surface area contributed by atoms with E-state index in [-0.39, 0.29) is 46.2 Å².